The van der Waals surface area contributed by atoms with Crippen LogP contribution in [-0.2, 0) is 16.1 Å². The van der Waals surface area contributed by atoms with Crippen molar-refractivity contribution < 1.29 is 18.7 Å². The third kappa shape index (κ3) is 7.60. The van der Waals surface area contributed by atoms with E-state index >= 15 is 0 Å². The quantitative estimate of drug-likeness (QED) is 0.462. The first-order valence-corrected chi connectivity index (χ1v) is 10.5. The zero-order valence-electron chi connectivity index (χ0n) is 18.6. The molecule has 0 unspecified atom stereocenters. The summed E-state index contributed by atoms with van der Waals surface area (Å²) in [5, 5.41) is 9.65. The molecule has 3 aromatic rings. The van der Waals surface area contributed by atoms with Crippen molar-refractivity contribution in [2.75, 3.05) is 37.4 Å². The lowest BCUT2D eigenvalue weighted by Gasteiger charge is -2.17. The van der Waals surface area contributed by atoms with Crippen LogP contribution in [0.1, 0.15) is 12.0 Å². The Hall–Kier alpha value is -3.95. The highest BCUT2D eigenvalue weighted by molar-refractivity contribution is 5.90. The number of likely N-dealkylation sites (N-methyl/N-ethyl adjacent to an activating group) is 1. The molecule has 0 aliphatic rings. The van der Waals surface area contributed by atoms with E-state index in [2.05, 4.69) is 20.7 Å². The van der Waals surface area contributed by atoms with Crippen LogP contribution in [0.25, 0.3) is 0 Å². The Morgan fingerprint density at radius 1 is 1.18 bits per heavy atom. The molecule has 0 atom stereocenters. The van der Waals surface area contributed by atoms with Crippen LogP contribution in [0.2, 0.25) is 0 Å². The summed E-state index contributed by atoms with van der Waals surface area (Å²) < 4.78 is 20.6. The number of amides is 2. The maximum absolute atomic E-state index is 13.5. The van der Waals surface area contributed by atoms with E-state index in [1.807, 2.05) is 31.2 Å². The molecule has 10 heteroatoms. The molecule has 0 saturated carbocycles. The summed E-state index contributed by atoms with van der Waals surface area (Å²) in [5.41, 5.74) is 1.87. The fourth-order valence-electron chi connectivity index (χ4n) is 2.88. The number of hydrogen-bond acceptors (Lipinski definition) is 6. The van der Waals surface area contributed by atoms with Gasteiger partial charge in [-0.3, -0.25) is 19.3 Å². The number of nitrogens with one attached hydrogen (secondary N) is 2. The lowest BCUT2D eigenvalue weighted by atomic mass is 10.2. The lowest BCUT2D eigenvalue weighted by molar-refractivity contribution is -0.131. The van der Waals surface area contributed by atoms with E-state index in [0.29, 0.717) is 18.8 Å². The number of aromatic nitrogens is 3. The zero-order valence-corrected chi connectivity index (χ0v) is 18.6. The van der Waals surface area contributed by atoms with Gasteiger partial charge in [-0.25, -0.2) is 4.39 Å². The minimum atomic E-state index is -0.428. The number of halogens is 1. The molecule has 2 amide bonds. The number of ether oxygens (including phenoxy) is 1. The molecule has 174 valence electrons. The van der Waals surface area contributed by atoms with Gasteiger partial charge in [-0.15, -0.1) is 0 Å². The van der Waals surface area contributed by atoms with Gasteiger partial charge in [0.25, 0.3) is 0 Å². The summed E-state index contributed by atoms with van der Waals surface area (Å²) in [6.45, 7) is 3.10. The number of carbonyl (C=O) groups is 2. The Kier molecular flexibility index (Phi) is 8.34. The average Bonchev–Trinajstić information content (AvgIpc) is 3.22. The zero-order chi connectivity index (χ0) is 23.6. The summed E-state index contributed by atoms with van der Waals surface area (Å²) in [7, 11) is 1.70. The first-order valence-electron chi connectivity index (χ1n) is 10.5. The van der Waals surface area contributed by atoms with E-state index in [9.17, 15) is 14.0 Å². The van der Waals surface area contributed by atoms with Gasteiger partial charge in [-0.05, 0) is 25.1 Å². The highest BCUT2D eigenvalue weighted by Crippen LogP contribution is 2.12. The molecule has 0 fully saturated rings. The van der Waals surface area contributed by atoms with Crippen molar-refractivity contribution in [2.24, 2.45) is 0 Å². The second-order valence-corrected chi connectivity index (χ2v) is 7.48. The summed E-state index contributed by atoms with van der Waals surface area (Å²) in [6, 6.07) is 8.96. The number of pyridine rings is 1. The van der Waals surface area contributed by atoms with E-state index < -0.39 is 5.82 Å². The van der Waals surface area contributed by atoms with Gasteiger partial charge in [-0.1, -0.05) is 17.7 Å². The number of nitrogens with zero attached hydrogens (tertiary/aromatic N) is 4. The molecule has 0 radical (unpaired) electrons. The highest BCUT2D eigenvalue weighted by atomic mass is 19.1. The molecule has 3 rings (SSSR count). The largest absolute Gasteiger partial charge is 0.492 e. The fraction of sp³-hybridized carbons (Fsp3) is 0.304. The van der Waals surface area contributed by atoms with Crippen LogP contribution in [0.5, 0.6) is 5.75 Å². The summed E-state index contributed by atoms with van der Waals surface area (Å²) in [6.07, 6.45) is 5.90. The van der Waals surface area contributed by atoms with Gasteiger partial charge < -0.3 is 20.3 Å². The van der Waals surface area contributed by atoms with Crippen molar-refractivity contribution >= 4 is 23.2 Å². The van der Waals surface area contributed by atoms with E-state index in [0.717, 1.165) is 11.3 Å². The van der Waals surface area contributed by atoms with Crippen LogP contribution in [0.4, 0.5) is 15.8 Å². The van der Waals surface area contributed by atoms with Crippen LogP contribution in [-0.4, -0.2) is 58.2 Å². The second-order valence-electron chi connectivity index (χ2n) is 7.48. The first kappa shape index (κ1) is 23.7. The Bertz CT molecular complexity index is 1070. The van der Waals surface area contributed by atoms with Crippen molar-refractivity contribution in [2.45, 2.75) is 19.9 Å². The standard InChI is InChI=1S/C23H27FN6O3/c1-17-3-5-19(6-4-17)33-12-11-29(2)23(32)16-30-15-18(13-27-30)28-22(31)8-10-26-21-14-25-9-7-20(21)24/h3-7,9,13-15,26H,8,10-12,16H2,1-2H3,(H,28,31). The topological polar surface area (TPSA) is 101 Å². The monoisotopic (exact) mass is 454 g/mol. The van der Waals surface area contributed by atoms with E-state index in [1.54, 1.807) is 18.1 Å². The summed E-state index contributed by atoms with van der Waals surface area (Å²) in [5.74, 6) is -0.0630. The molecule has 2 aromatic heterocycles. The Morgan fingerprint density at radius 2 is 1.97 bits per heavy atom. The molecule has 9 nitrogen and oxygen atoms in total. The van der Waals surface area contributed by atoms with Crippen LogP contribution in [0.3, 0.4) is 0 Å². The average molecular weight is 455 g/mol. The smallest absolute Gasteiger partial charge is 0.244 e. The molecule has 33 heavy (non-hydrogen) atoms. The highest BCUT2D eigenvalue weighted by Gasteiger charge is 2.12. The van der Waals surface area contributed by atoms with Crippen molar-refractivity contribution in [1.29, 1.82) is 0 Å². The van der Waals surface area contributed by atoms with Gasteiger partial charge >= 0.3 is 0 Å². The molecule has 0 spiro atoms. The van der Waals surface area contributed by atoms with Gasteiger partial charge in [0.2, 0.25) is 11.8 Å². The van der Waals surface area contributed by atoms with Crippen molar-refractivity contribution in [3.63, 3.8) is 0 Å². The number of aryl methyl sites for hydroxylation is 1. The normalized spacial score (nSPS) is 10.5. The van der Waals surface area contributed by atoms with Gasteiger partial charge in [0.15, 0.2) is 0 Å². The van der Waals surface area contributed by atoms with Crippen LogP contribution >= 0.6 is 0 Å². The maximum atomic E-state index is 13.5. The summed E-state index contributed by atoms with van der Waals surface area (Å²) >= 11 is 0. The van der Waals surface area contributed by atoms with E-state index in [1.165, 1.54) is 29.3 Å². The number of rotatable bonds is 11. The number of benzene rings is 1. The molecule has 0 aliphatic heterocycles. The molecule has 0 aliphatic carbocycles. The Balaban J connectivity index is 1.37. The van der Waals surface area contributed by atoms with Crippen molar-refractivity contribution in [3.05, 3.63) is 66.5 Å². The van der Waals surface area contributed by atoms with Crippen molar-refractivity contribution in [1.82, 2.24) is 19.7 Å². The maximum Gasteiger partial charge on any atom is 0.244 e. The van der Waals surface area contributed by atoms with Gasteiger partial charge in [0.1, 0.15) is 24.7 Å². The van der Waals surface area contributed by atoms with Crippen LogP contribution in [0, 0.1) is 12.7 Å². The predicted molar refractivity (Wildman–Crippen MR) is 122 cm³/mol. The molecule has 2 N–H and O–H groups in total. The van der Waals surface area contributed by atoms with Crippen LogP contribution < -0.4 is 15.4 Å². The third-order valence-corrected chi connectivity index (χ3v) is 4.79. The van der Waals surface area contributed by atoms with E-state index in [-0.39, 0.29) is 37.0 Å². The number of hydrogen-bond donors (Lipinski definition) is 2. The van der Waals surface area contributed by atoms with Crippen LogP contribution in [0.15, 0.2) is 55.1 Å². The van der Waals surface area contributed by atoms with Gasteiger partial charge in [0.05, 0.1) is 30.3 Å². The molecule has 2 heterocycles. The molecular formula is C23H27FN6O3. The number of carbonyl (C=O) groups excluding carboxylic acids is 2. The van der Waals surface area contributed by atoms with Gasteiger partial charge in [0, 0.05) is 32.4 Å². The predicted octanol–water partition coefficient (Wildman–Crippen LogP) is 2.70. The van der Waals surface area contributed by atoms with Gasteiger partial charge in [-0.2, -0.15) is 5.10 Å². The third-order valence-electron chi connectivity index (χ3n) is 4.79. The molecule has 1 aromatic carbocycles. The van der Waals surface area contributed by atoms with Crippen molar-refractivity contribution in [3.8, 4) is 5.75 Å². The minimum Gasteiger partial charge on any atom is -0.492 e. The molecular weight excluding hydrogens is 427 g/mol. The van der Waals surface area contributed by atoms with E-state index in [4.69, 9.17) is 4.74 Å². The molecule has 0 saturated heterocycles. The Labute approximate surface area is 191 Å². The fourth-order valence-corrected chi connectivity index (χ4v) is 2.88. The lowest BCUT2D eigenvalue weighted by Crippen LogP contribution is -2.33. The number of anilines is 2. The second kappa shape index (κ2) is 11.6. The summed E-state index contributed by atoms with van der Waals surface area (Å²) in [4.78, 5) is 29.9. The first-order chi connectivity index (χ1) is 15.9. The SMILES string of the molecule is Cc1ccc(OCCN(C)C(=O)Cn2cc(NC(=O)CCNc3cnccc3F)cn2)cc1. The minimum absolute atomic E-state index is 0.0404. The molecule has 0 bridgehead atoms. The Morgan fingerprint density at radius 3 is 2.73 bits per heavy atom.